The molecule has 1 rings (SSSR count). The average molecular weight is 409 g/mol. The molecule has 1 aromatic carbocycles. The third-order valence-electron chi connectivity index (χ3n) is 3.75. The molecule has 0 fully saturated rings. The zero-order chi connectivity index (χ0) is 19.0. The molecule has 0 heterocycles. The fourth-order valence-corrected chi connectivity index (χ4v) is 3.40. The number of nitrogens with one attached hydrogen (secondary N) is 1. The van der Waals surface area contributed by atoms with Gasteiger partial charge in [0.2, 0.25) is 10.0 Å². The quantitative estimate of drug-likeness (QED) is 0.407. The Labute approximate surface area is 160 Å². The van der Waals surface area contributed by atoms with Crippen LogP contribution in [0.2, 0.25) is 10.0 Å². The maximum absolute atomic E-state index is 11.7. The Morgan fingerprint density at radius 1 is 1.24 bits per heavy atom. The lowest BCUT2D eigenvalue weighted by atomic mass is 10.2. The molecule has 0 aliphatic carbocycles. The van der Waals surface area contributed by atoms with Crippen molar-refractivity contribution in [2.24, 2.45) is 4.99 Å². The van der Waals surface area contributed by atoms with E-state index >= 15 is 0 Å². The first kappa shape index (κ1) is 22.0. The lowest BCUT2D eigenvalue weighted by molar-refractivity contribution is 0.450. The van der Waals surface area contributed by atoms with Crippen molar-refractivity contribution in [3.63, 3.8) is 0 Å². The molecular weight excluding hydrogens is 383 g/mol. The van der Waals surface area contributed by atoms with Gasteiger partial charge in [0, 0.05) is 40.8 Å². The van der Waals surface area contributed by atoms with Crippen LogP contribution in [0.15, 0.2) is 23.2 Å². The number of benzene rings is 1. The summed E-state index contributed by atoms with van der Waals surface area (Å²) in [5, 5.41) is 4.29. The molecule has 0 aromatic heterocycles. The van der Waals surface area contributed by atoms with Crippen molar-refractivity contribution in [1.82, 2.24) is 14.5 Å². The Kier molecular flexibility index (Phi) is 8.99. The molecule has 0 bridgehead atoms. The van der Waals surface area contributed by atoms with Crippen molar-refractivity contribution >= 4 is 39.2 Å². The van der Waals surface area contributed by atoms with Crippen molar-refractivity contribution in [3.8, 4) is 0 Å². The van der Waals surface area contributed by atoms with E-state index in [-0.39, 0.29) is 5.75 Å². The molecule has 0 unspecified atom stereocenters. The summed E-state index contributed by atoms with van der Waals surface area (Å²) in [4.78, 5) is 6.21. The van der Waals surface area contributed by atoms with Gasteiger partial charge in [-0.15, -0.1) is 0 Å². The normalized spacial score (nSPS) is 12.5. The van der Waals surface area contributed by atoms with Crippen LogP contribution in [0.1, 0.15) is 18.9 Å². The van der Waals surface area contributed by atoms with Crippen LogP contribution < -0.4 is 5.32 Å². The van der Waals surface area contributed by atoms with E-state index in [1.807, 2.05) is 24.1 Å². The first-order chi connectivity index (χ1) is 11.7. The highest BCUT2D eigenvalue weighted by Gasteiger charge is 2.14. The van der Waals surface area contributed by atoms with E-state index in [1.165, 1.54) is 4.31 Å². The van der Waals surface area contributed by atoms with Gasteiger partial charge in [-0.1, -0.05) is 29.3 Å². The van der Waals surface area contributed by atoms with Crippen molar-refractivity contribution < 1.29 is 8.42 Å². The molecule has 1 aromatic rings. The van der Waals surface area contributed by atoms with Crippen molar-refractivity contribution in [1.29, 1.82) is 0 Å². The summed E-state index contributed by atoms with van der Waals surface area (Å²) in [6.45, 7) is 3.36. The molecule has 0 aliphatic rings. The van der Waals surface area contributed by atoms with Crippen LogP contribution in [-0.2, 0) is 16.6 Å². The SMILES string of the molecule is CCS(=O)(=O)N(C)CCCNC(=NC)N(C)Cc1ccc(Cl)c(Cl)c1. The van der Waals surface area contributed by atoms with E-state index in [2.05, 4.69) is 10.3 Å². The van der Waals surface area contributed by atoms with Gasteiger partial charge in [-0.25, -0.2) is 12.7 Å². The van der Waals surface area contributed by atoms with Crippen LogP contribution in [0.4, 0.5) is 0 Å². The first-order valence-electron chi connectivity index (χ1n) is 8.01. The monoisotopic (exact) mass is 408 g/mol. The minimum absolute atomic E-state index is 0.116. The predicted molar refractivity (Wildman–Crippen MR) is 106 cm³/mol. The second-order valence-electron chi connectivity index (χ2n) is 5.65. The van der Waals surface area contributed by atoms with E-state index in [0.717, 1.165) is 11.5 Å². The fourth-order valence-electron chi connectivity index (χ4n) is 2.23. The zero-order valence-electron chi connectivity index (χ0n) is 15.1. The maximum Gasteiger partial charge on any atom is 0.213 e. The molecule has 6 nitrogen and oxygen atoms in total. The molecule has 142 valence electrons. The molecule has 1 N–H and O–H groups in total. The second kappa shape index (κ2) is 10.2. The minimum atomic E-state index is -3.13. The number of halogens is 2. The van der Waals surface area contributed by atoms with Gasteiger partial charge in [0.1, 0.15) is 0 Å². The van der Waals surface area contributed by atoms with Crippen LogP contribution in [0, 0.1) is 0 Å². The summed E-state index contributed by atoms with van der Waals surface area (Å²) in [5.74, 6) is 0.845. The molecule has 0 radical (unpaired) electrons. The molecule has 0 aliphatic heterocycles. The third-order valence-corrected chi connectivity index (χ3v) is 6.35. The Morgan fingerprint density at radius 2 is 1.92 bits per heavy atom. The van der Waals surface area contributed by atoms with Gasteiger partial charge in [0.15, 0.2) is 5.96 Å². The fraction of sp³-hybridized carbons (Fsp3) is 0.562. The number of rotatable bonds is 8. The Bertz CT molecular complexity index is 695. The van der Waals surface area contributed by atoms with Crippen molar-refractivity contribution in [2.75, 3.05) is 40.0 Å². The van der Waals surface area contributed by atoms with Crippen LogP contribution in [0.25, 0.3) is 0 Å². The number of sulfonamides is 1. The van der Waals surface area contributed by atoms with Crippen LogP contribution >= 0.6 is 23.2 Å². The Morgan fingerprint density at radius 3 is 2.48 bits per heavy atom. The molecule has 25 heavy (non-hydrogen) atoms. The number of aliphatic imine (C=N–C) groups is 1. The standard InChI is InChI=1S/C16H26Cl2N4O2S/c1-5-25(23,24)22(4)10-6-9-20-16(19-2)21(3)12-13-7-8-14(17)15(18)11-13/h7-8,11H,5-6,9-10,12H2,1-4H3,(H,19,20). The van der Waals surface area contributed by atoms with E-state index in [1.54, 1.807) is 27.1 Å². The number of nitrogens with zero attached hydrogens (tertiary/aromatic N) is 3. The summed E-state index contributed by atoms with van der Waals surface area (Å²) in [5.41, 5.74) is 1.02. The van der Waals surface area contributed by atoms with Gasteiger partial charge in [0.05, 0.1) is 15.8 Å². The van der Waals surface area contributed by atoms with Gasteiger partial charge in [-0.3, -0.25) is 4.99 Å². The smallest absolute Gasteiger partial charge is 0.213 e. The van der Waals surface area contributed by atoms with Crippen molar-refractivity contribution in [2.45, 2.75) is 19.9 Å². The topological polar surface area (TPSA) is 65.0 Å². The number of hydrogen-bond donors (Lipinski definition) is 1. The van der Waals surface area contributed by atoms with Crippen LogP contribution in [0.3, 0.4) is 0 Å². The van der Waals surface area contributed by atoms with Gasteiger partial charge < -0.3 is 10.2 Å². The van der Waals surface area contributed by atoms with Gasteiger partial charge in [0.25, 0.3) is 0 Å². The summed E-state index contributed by atoms with van der Waals surface area (Å²) in [6, 6.07) is 5.52. The van der Waals surface area contributed by atoms with E-state index in [9.17, 15) is 8.42 Å². The Balaban J connectivity index is 2.49. The largest absolute Gasteiger partial charge is 0.356 e. The molecule has 0 saturated carbocycles. The second-order valence-corrected chi connectivity index (χ2v) is 8.83. The minimum Gasteiger partial charge on any atom is -0.356 e. The Hall–Kier alpha value is -1.02. The molecule has 9 heteroatoms. The summed E-state index contributed by atoms with van der Waals surface area (Å²) >= 11 is 12.0. The lowest BCUT2D eigenvalue weighted by Crippen LogP contribution is -2.40. The molecule has 0 atom stereocenters. The summed E-state index contributed by atoms with van der Waals surface area (Å²) < 4.78 is 24.8. The lowest BCUT2D eigenvalue weighted by Gasteiger charge is -2.23. The zero-order valence-corrected chi connectivity index (χ0v) is 17.4. The third kappa shape index (κ3) is 7.01. The highest BCUT2D eigenvalue weighted by molar-refractivity contribution is 7.89. The highest BCUT2D eigenvalue weighted by Crippen LogP contribution is 2.23. The van der Waals surface area contributed by atoms with Gasteiger partial charge in [-0.05, 0) is 31.0 Å². The number of hydrogen-bond acceptors (Lipinski definition) is 3. The van der Waals surface area contributed by atoms with E-state index < -0.39 is 10.0 Å². The van der Waals surface area contributed by atoms with E-state index in [4.69, 9.17) is 23.2 Å². The first-order valence-corrected chi connectivity index (χ1v) is 10.4. The molecule has 0 saturated heterocycles. The highest BCUT2D eigenvalue weighted by atomic mass is 35.5. The van der Waals surface area contributed by atoms with Gasteiger partial charge in [-0.2, -0.15) is 0 Å². The molecular formula is C16H26Cl2N4O2S. The summed E-state index contributed by atoms with van der Waals surface area (Å²) in [7, 11) is 2.11. The predicted octanol–water partition coefficient (Wildman–Crippen LogP) is 2.67. The molecule has 0 amide bonds. The molecule has 0 spiro atoms. The van der Waals surface area contributed by atoms with Crippen molar-refractivity contribution in [3.05, 3.63) is 33.8 Å². The maximum atomic E-state index is 11.7. The van der Waals surface area contributed by atoms with Gasteiger partial charge >= 0.3 is 0 Å². The van der Waals surface area contributed by atoms with E-state index in [0.29, 0.717) is 36.1 Å². The van der Waals surface area contributed by atoms with Crippen LogP contribution in [0.5, 0.6) is 0 Å². The summed E-state index contributed by atoms with van der Waals surface area (Å²) in [6.07, 6.45) is 0.690. The average Bonchev–Trinajstić information content (AvgIpc) is 2.57. The number of guanidine groups is 1. The van der Waals surface area contributed by atoms with Crippen LogP contribution in [-0.4, -0.2) is 63.6 Å².